The average molecular weight is 378 g/mol. The molecule has 0 saturated carbocycles. The molecule has 0 N–H and O–H groups in total. The minimum atomic E-state index is -1.80. The van der Waals surface area contributed by atoms with Crippen LogP contribution in [-0.2, 0) is 20.4 Å². The second-order valence-corrected chi connectivity index (χ2v) is 14.5. The molecule has 26 heavy (non-hydrogen) atoms. The van der Waals surface area contributed by atoms with Gasteiger partial charge in [-0.2, -0.15) is 0 Å². The predicted molar refractivity (Wildman–Crippen MR) is 108 cm³/mol. The van der Waals surface area contributed by atoms with Crippen LogP contribution >= 0.6 is 0 Å². The first-order valence-electron chi connectivity index (χ1n) is 9.76. The molecular weight excluding hydrogens is 342 g/mol. The molecule has 2 heterocycles. The number of benzene rings is 1. The second-order valence-electron chi connectivity index (χ2n) is 9.69. The van der Waals surface area contributed by atoms with E-state index in [1.165, 1.54) is 5.56 Å². The highest BCUT2D eigenvalue weighted by Gasteiger charge is 2.53. The lowest BCUT2D eigenvalue weighted by Gasteiger charge is -2.38. The molecule has 0 spiro atoms. The van der Waals surface area contributed by atoms with Crippen molar-refractivity contribution in [2.75, 3.05) is 13.2 Å². The van der Waals surface area contributed by atoms with Crippen LogP contribution in [0.15, 0.2) is 30.3 Å². The first kappa shape index (κ1) is 20.0. The number of ether oxygens (including phenoxy) is 2. The van der Waals surface area contributed by atoms with Crippen LogP contribution in [0.2, 0.25) is 18.1 Å². The Labute approximate surface area is 159 Å². The molecule has 2 fully saturated rings. The van der Waals surface area contributed by atoms with Gasteiger partial charge in [-0.1, -0.05) is 51.1 Å². The molecule has 0 aliphatic carbocycles. The molecule has 3 atom stereocenters. The maximum atomic E-state index is 6.58. The Morgan fingerprint density at radius 3 is 2.42 bits per heavy atom. The van der Waals surface area contributed by atoms with Crippen LogP contribution in [0.4, 0.5) is 0 Å². The Morgan fingerprint density at radius 1 is 1.15 bits per heavy atom. The van der Waals surface area contributed by atoms with E-state index in [0.29, 0.717) is 6.61 Å². The van der Waals surface area contributed by atoms with E-state index in [2.05, 4.69) is 69.1 Å². The zero-order valence-electron chi connectivity index (χ0n) is 17.4. The zero-order chi connectivity index (χ0) is 19.2. The topological polar surface area (TPSA) is 30.9 Å². The Bertz CT molecular complexity index is 611. The van der Waals surface area contributed by atoms with Gasteiger partial charge in [-0.25, -0.2) is 0 Å². The molecule has 5 heteroatoms. The fourth-order valence-electron chi connectivity index (χ4n) is 3.61. The number of nitrogens with zero attached hydrogens (tertiary/aromatic N) is 1. The fraction of sp³-hybridized carbons (Fsp3) is 0.714. The molecule has 0 aromatic heterocycles. The van der Waals surface area contributed by atoms with E-state index in [1.54, 1.807) is 0 Å². The van der Waals surface area contributed by atoms with E-state index < -0.39 is 14.1 Å². The second kappa shape index (κ2) is 7.02. The molecular formula is C21H35NO3Si. The summed E-state index contributed by atoms with van der Waals surface area (Å²) in [5.74, 6) is -0.497. The van der Waals surface area contributed by atoms with Crippen LogP contribution in [0.1, 0.15) is 40.2 Å². The van der Waals surface area contributed by atoms with Crippen molar-refractivity contribution in [2.45, 2.75) is 83.3 Å². The van der Waals surface area contributed by atoms with Crippen LogP contribution in [-0.4, -0.2) is 50.4 Å². The van der Waals surface area contributed by atoms with Crippen molar-refractivity contribution in [3.05, 3.63) is 35.9 Å². The van der Waals surface area contributed by atoms with Gasteiger partial charge in [0.25, 0.3) is 0 Å². The fourth-order valence-corrected chi connectivity index (χ4v) is 4.64. The van der Waals surface area contributed by atoms with E-state index in [4.69, 9.17) is 13.9 Å². The van der Waals surface area contributed by atoms with Gasteiger partial charge in [0.1, 0.15) is 12.2 Å². The molecule has 0 amide bonds. The minimum Gasteiger partial charge on any atom is -0.415 e. The first-order chi connectivity index (χ1) is 12.0. The van der Waals surface area contributed by atoms with Gasteiger partial charge < -0.3 is 13.9 Å². The van der Waals surface area contributed by atoms with Crippen LogP contribution in [0.5, 0.6) is 0 Å². The predicted octanol–water partition coefficient (Wildman–Crippen LogP) is 4.41. The first-order valence-corrected chi connectivity index (χ1v) is 12.7. The third-order valence-electron chi connectivity index (χ3n) is 6.13. The molecule has 3 unspecified atom stereocenters. The minimum absolute atomic E-state index is 0.0819. The molecule has 3 rings (SSSR count). The van der Waals surface area contributed by atoms with E-state index in [1.807, 2.05) is 13.8 Å². The molecule has 2 saturated heterocycles. The van der Waals surface area contributed by atoms with Crippen molar-refractivity contribution in [3.63, 3.8) is 0 Å². The number of hydrogen-bond acceptors (Lipinski definition) is 4. The van der Waals surface area contributed by atoms with E-state index in [0.717, 1.165) is 13.1 Å². The highest BCUT2D eigenvalue weighted by atomic mass is 28.4. The standard InChI is InChI=1S/C21H35NO3Si/c1-20(2,3)26(6,7)23-15-17-19-18(24-21(4,5)25-19)14-22(17)13-16-11-9-8-10-12-16/h8-12,17-19H,13-15H2,1-7H3. The summed E-state index contributed by atoms with van der Waals surface area (Å²) in [6.07, 6.45) is 0.209. The molecule has 4 nitrogen and oxygen atoms in total. The molecule has 2 aliphatic rings. The maximum Gasteiger partial charge on any atom is 0.192 e. The normalized spacial score (nSPS) is 29.1. The lowest BCUT2D eigenvalue weighted by Crippen LogP contribution is -2.47. The Hall–Kier alpha value is -0.723. The Morgan fingerprint density at radius 2 is 1.81 bits per heavy atom. The number of fused-ring (bicyclic) bond motifs is 1. The summed E-state index contributed by atoms with van der Waals surface area (Å²) in [7, 11) is -1.80. The summed E-state index contributed by atoms with van der Waals surface area (Å²) in [5.41, 5.74) is 1.32. The lowest BCUT2D eigenvalue weighted by atomic mass is 10.1. The van der Waals surface area contributed by atoms with Gasteiger partial charge in [-0.05, 0) is 37.5 Å². The smallest absolute Gasteiger partial charge is 0.192 e. The van der Waals surface area contributed by atoms with Gasteiger partial charge in [-0.3, -0.25) is 4.90 Å². The molecule has 1 aromatic carbocycles. The average Bonchev–Trinajstić information content (AvgIpc) is 2.96. The van der Waals surface area contributed by atoms with Gasteiger partial charge in [0.15, 0.2) is 14.1 Å². The Kier molecular flexibility index (Phi) is 5.41. The van der Waals surface area contributed by atoms with Crippen LogP contribution < -0.4 is 0 Å². The molecule has 1 aromatic rings. The summed E-state index contributed by atoms with van der Waals surface area (Å²) in [5, 5.41) is 0.210. The maximum absolute atomic E-state index is 6.58. The highest BCUT2D eigenvalue weighted by Crippen LogP contribution is 2.40. The van der Waals surface area contributed by atoms with Crippen LogP contribution in [0.3, 0.4) is 0 Å². The third kappa shape index (κ3) is 4.23. The molecule has 146 valence electrons. The van der Waals surface area contributed by atoms with Crippen molar-refractivity contribution in [1.29, 1.82) is 0 Å². The summed E-state index contributed by atoms with van der Waals surface area (Å²) in [6, 6.07) is 10.9. The van der Waals surface area contributed by atoms with Crippen LogP contribution in [0.25, 0.3) is 0 Å². The summed E-state index contributed by atoms with van der Waals surface area (Å²) >= 11 is 0. The van der Waals surface area contributed by atoms with Crippen molar-refractivity contribution in [1.82, 2.24) is 4.90 Å². The third-order valence-corrected chi connectivity index (χ3v) is 10.6. The van der Waals surface area contributed by atoms with E-state index >= 15 is 0 Å². The van der Waals surface area contributed by atoms with Gasteiger partial charge in [-0.15, -0.1) is 0 Å². The lowest BCUT2D eigenvalue weighted by molar-refractivity contribution is -0.163. The van der Waals surface area contributed by atoms with Crippen molar-refractivity contribution in [2.24, 2.45) is 0 Å². The van der Waals surface area contributed by atoms with E-state index in [9.17, 15) is 0 Å². The Balaban J connectivity index is 1.74. The number of hydrogen-bond donors (Lipinski definition) is 0. The van der Waals surface area contributed by atoms with Gasteiger partial charge >= 0.3 is 0 Å². The largest absolute Gasteiger partial charge is 0.415 e. The van der Waals surface area contributed by atoms with Gasteiger partial charge in [0, 0.05) is 13.1 Å². The van der Waals surface area contributed by atoms with Gasteiger partial charge in [0.2, 0.25) is 0 Å². The zero-order valence-corrected chi connectivity index (χ0v) is 18.4. The molecule has 2 aliphatic heterocycles. The summed E-state index contributed by atoms with van der Waals surface area (Å²) in [6.45, 7) is 18.0. The SMILES string of the molecule is CC1(C)OC2CN(Cc3ccccc3)C(CO[Si](C)(C)C(C)(C)C)C2O1. The summed E-state index contributed by atoms with van der Waals surface area (Å²) in [4.78, 5) is 2.48. The number of rotatable bonds is 5. The van der Waals surface area contributed by atoms with Crippen molar-refractivity contribution < 1.29 is 13.9 Å². The molecule has 0 bridgehead atoms. The van der Waals surface area contributed by atoms with Crippen molar-refractivity contribution in [3.8, 4) is 0 Å². The van der Waals surface area contributed by atoms with Crippen molar-refractivity contribution >= 4 is 8.32 Å². The molecule has 0 radical (unpaired) electrons. The monoisotopic (exact) mass is 377 g/mol. The van der Waals surface area contributed by atoms with E-state index in [-0.39, 0.29) is 23.3 Å². The highest BCUT2D eigenvalue weighted by molar-refractivity contribution is 6.74. The summed E-state index contributed by atoms with van der Waals surface area (Å²) < 4.78 is 19.0. The van der Waals surface area contributed by atoms with Gasteiger partial charge in [0.05, 0.1) is 12.6 Å². The quantitative estimate of drug-likeness (QED) is 0.711. The van der Waals surface area contributed by atoms with Crippen LogP contribution in [0, 0.1) is 0 Å². The number of likely N-dealkylation sites (tertiary alicyclic amines) is 1.